The van der Waals surface area contributed by atoms with Crippen LogP contribution in [-0.4, -0.2) is 29.3 Å². The topological polar surface area (TPSA) is 63.4 Å². The van der Waals surface area contributed by atoms with Crippen LogP contribution < -0.4 is 5.73 Å². The summed E-state index contributed by atoms with van der Waals surface area (Å²) in [7, 11) is 0. The van der Waals surface area contributed by atoms with Gasteiger partial charge in [0.15, 0.2) is 0 Å². The number of piperidine rings is 1. The number of nitrogens with two attached hydrogens (primary N) is 1. The number of nitrogens with zero attached hydrogens (tertiary/aromatic N) is 1. The monoisotopic (exact) mass is 272 g/mol. The van der Waals surface area contributed by atoms with Gasteiger partial charge in [0.2, 0.25) is 11.8 Å². The highest BCUT2D eigenvalue weighted by Gasteiger charge is 2.30. The summed E-state index contributed by atoms with van der Waals surface area (Å²) in [4.78, 5) is 25.2. The van der Waals surface area contributed by atoms with E-state index in [2.05, 4.69) is 0 Å². The Morgan fingerprint density at radius 1 is 1.25 bits per heavy atom. The van der Waals surface area contributed by atoms with E-state index in [0.29, 0.717) is 6.54 Å². The van der Waals surface area contributed by atoms with Gasteiger partial charge in [-0.15, -0.1) is 0 Å². The van der Waals surface area contributed by atoms with Crippen molar-refractivity contribution in [1.82, 2.24) is 4.90 Å². The van der Waals surface area contributed by atoms with Crippen LogP contribution in [0.3, 0.4) is 0 Å². The second-order valence-corrected chi connectivity index (χ2v) is 5.26. The predicted octanol–water partition coefficient (Wildman–Crippen LogP) is 1.81. The summed E-state index contributed by atoms with van der Waals surface area (Å²) >= 11 is 0. The van der Waals surface area contributed by atoms with E-state index in [-0.39, 0.29) is 23.8 Å². The number of benzene rings is 1. The van der Waals surface area contributed by atoms with Gasteiger partial charge in [0.25, 0.3) is 0 Å². The number of carbonyl (C=O) groups is 2. The molecule has 106 valence electrons. The zero-order chi connectivity index (χ0) is 14.5. The number of carbonyl (C=O) groups excluding carboxylic acids is 2. The lowest BCUT2D eigenvalue weighted by molar-refractivity contribution is -0.133. The molecule has 2 rings (SSSR count). The molecule has 0 spiro atoms. The number of rotatable bonds is 3. The van der Waals surface area contributed by atoms with Crippen LogP contribution in [0.1, 0.15) is 25.3 Å². The molecule has 0 aromatic heterocycles. The summed E-state index contributed by atoms with van der Waals surface area (Å²) in [6.45, 7) is 2.43. The van der Waals surface area contributed by atoms with Gasteiger partial charge < -0.3 is 10.6 Å². The number of primary amides is 1. The lowest BCUT2D eigenvalue weighted by atomic mass is 9.93. The molecule has 1 saturated heterocycles. The van der Waals surface area contributed by atoms with E-state index >= 15 is 0 Å². The molecule has 0 unspecified atom stereocenters. The summed E-state index contributed by atoms with van der Waals surface area (Å²) in [5.41, 5.74) is 6.33. The van der Waals surface area contributed by atoms with Gasteiger partial charge in [-0.3, -0.25) is 9.59 Å². The molecule has 1 aromatic rings. The van der Waals surface area contributed by atoms with E-state index < -0.39 is 0 Å². The summed E-state index contributed by atoms with van der Waals surface area (Å²) < 4.78 is 0. The molecule has 0 radical (unpaired) electrons. The summed E-state index contributed by atoms with van der Waals surface area (Å²) in [5, 5.41) is 0. The van der Waals surface area contributed by atoms with Crippen LogP contribution in [0.4, 0.5) is 0 Å². The molecule has 0 saturated carbocycles. The van der Waals surface area contributed by atoms with Crippen LogP contribution in [0.2, 0.25) is 0 Å². The molecule has 1 fully saturated rings. The molecular formula is C16H20N2O2. The van der Waals surface area contributed by atoms with Gasteiger partial charge in [-0.05, 0) is 31.4 Å². The van der Waals surface area contributed by atoms with Crippen LogP contribution in [0.25, 0.3) is 6.08 Å². The van der Waals surface area contributed by atoms with E-state index in [1.807, 2.05) is 37.3 Å². The van der Waals surface area contributed by atoms with Gasteiger partial charge >= 0.3 is 0 Å². The number of likely N-dealkylation sites (tertiary alicyclic amines) is 1. The third-order valence-electron chi connectivity index (χ3n) is 3.79. The Hall–Kier alpha value is -2.10. The Balaban J connectivity index is 2.03. The molecule has 2 atom stereocenters. The molecule has 20 heavy (non-hydrogen) atoms. The smallest absolute Gasteiger partial charge is 0.246 e. The zero-order valence-corrected chi connectivity index (χ0v) is 11.7. The summed E-state index contributed by atoms with van der Waals surface area (Å²) in [5.74, 6) is -0.602. The van der Waals surface area contributed by atoms with Gasteiger partial charge in [0, 0.05) is 18.7 Å². The van der Waals surface area contributed by atoms with E-state index in [9.17, 15) is 9.59 Å². The van der Waals surface area contributed by atoms with Crippen LogP contribution in [0, 0.1) is 5.92 Å². The Bertz CT molecular complexity index is 510. The van der Waals surface area contributed by atoms with Crippen molar-refractivity contribution in [2.75, 3.05) is 6.54 Å². The van der Waals surface area contributed by atoms with Crippen LogP contribution in [0.5, 0.6) is 0 Å². The fraction of sp³-hybridized carbons (Fsp3) is 0.375. The Kier molecular flexibility index (Phi) is 4.56. The molecule has 1 aliphatic rings. The lowest BCUT2D eigenvalue weighted by Gasteiger charge is -2.36. The summed E-state index contributed by atoms with van der Waals surface area (Å²) in [6.07, 6.45) is 4.94. The number of hydrogen-bond acceptors (Lipinski definition) is 2. The first-order valence-corrected chi connectivity index (χ1v) is 6.91. The highest BCUT2D eigenvalue weighted by Crippen LogP contribution is 2.22. The van der Waals surface area contributed by atoms with Gasteiger partial charge in [-0.25, -0.2) is 0 Å². The maximum absolute atomic E-state index is 12.2. The predicted molar refractivity (Wildman–Crippen MR) is 78.6 cm³/mol. The second kappa shape index (κ2) is 6.37. The molecular weight excluding hydrogens is 252 g/mol. The van der Waals surface area contributed by atoms with Crippen LogP contribution in [0.15, 0.2) is 36.4 Å². The SMILES string of the molecule is C[C@@H]1CC[C@@H](C(N)=O)CN1C(=O)/C=C\c1ccccc1. The molecule has 1 heterocycles. The third kappa shape index (κ3) is 3.47. The van der Waals surface area contributed by atoms with Crippen molar-refractivity contribution in [1.29, 1.82) is 0 Å². The molecule has 0 aliphatic carbocycles. The Labute approximate surface area is 119 Å². The first kappa shape index (κ1) is 14.3. The minimum atomic E-state index is -0.318. The van der Waals surface area contributed by atoms with Crippen molar-refractivity contribution in [2.24, 2.45) is 11.7 Å². The molecule has 4 heteroatoms. The molecule has 1 aromatic carbocycles. The van der Waals surface area contributed by atoms with Crippen molar-refractivity contribution in [3.05, 3.63) is 42.0 Å². The number of hydrogen-bond donors (Lipinski definition) is 1. The van der Waals surface area contributed by atoms with E-state index in [4.69, 9.17) is 5.73 Å². The molecule has 4 nitrogen and oxygen atoms in total. The largest absolute Gasteiger partial charge is 0.369 e. The highest BCUT2D eigenvalue weighted by atomic mass is 16.2. The third-order valence-corrected chi connectivity index (χ3v) is 3.79. The van der Waals surface area contributed by atoms with E-state index in [1.54, 1.807) is 17.1 Å². The van der Waals surface area contributed by atoms with Gasteiger partial charge in [-0.2, -0.15) is 0 Å². The Morgan fingerprint density at radius 2 is 1.95 bits per heavy atom. The van der Waals surface area contributed by atoms with Crippen molar-refractivity contribution >= 4 is 17.9 Å². The number of amides is 2. The van der Waals surface area contributed by atoms with Crippen molar-refractivity contribution < 1.29 is 9.59 Å². The molecule has 2 N–H and O–H groups in total. The maximum Gasteiger partial charge on any atom is 0.246 e. The van der Waals surface area contributed by atoms with Crippen molar-refractivity contribution in [2.45, 2.75) is 25.8 Å². The highest BCUT2D eigenvalue weighted by molar-refractivity contribution is 5.92. The zero-order valence-electron chi connectivity index (χ0n) is 11.7. The van der Waals surface area contributed by atoms with Crippen molar-refractivity contribution in [3.8, 4) is 0 Å². The molecule has 0 bridgehead atoms. The first-order chi connectivity index (χ1) is 9.58. The lowest BCUT2D eigenvalue weighted by Crippen LogP contribution is -2.48. The quantitative estimate of drug-likeness (QED) is 0.853. The maximum atomic E-state index is 12.2. The van der Waals surface area contributed by atoms with Crippen LogP contribution >= 0.6 is 0 Å². The van der Waals surface area contributed by atoms with Crippen molar-refractivity contribution in [3.63, 3.8) is 0 Å². The summed E-state index contributed by atoms with van der Waals surface area (Å²) in [6, 6.07) is 9.82. The fourth-order valence-electron chi connectivity index (χ4n) is 2.47. The van der Waals surface area contributed by atoms with Crippen LogP contribution in [-0.2, 0) is 9.59 Å². The molecule has 2 amide bonds. The standard InChI is InChI=1S/C16H20N2O2/c1-12-7-9-14(16(17)20)11-18(12)15(19)10-8-13-5-3-2-4-6-13/h2-6,8,10,12,14H,7,9,11H2,1H3,(H2,17,20)/b10-8-/t12-,14-/m1/s1. The van der Waals surface area contributed by atoms with E-state index in [1.165, 1.54) is 0 Å². The van der Waals surface area contributed by atoms with E-state index in [0.717, 1.165) is 18.4 Å². The Morgan fingerprint density at radius 3 is 2.60 bits per heavy atom. The minimum Gasteiger partial charge on any atom is -0.369 e. The van der Waals surface area contributed by atoms with Gasteiger partial charge in [0.1, 0.15) is 0 Å². The second-order valence-electron chi connectivity index (χ2n) is 5.26. The molecule has 1 aliphatic heterocycles. The van der Waals surface area contributed by atoms with Gasteiger partial charge in [-0.1, -0.05) is 30.3 Å². The fourth-order valence-corrected chi connectivity index (χ4v) is 2.47. The van der Waals surface area contributed by atoms with Gasteiger partial charge in [0.05, 0.1) is 5.92 Å². The first-order valence-electron chi connectivity index (χ1n) is 6.91. The average Bonchev–Trinajstić information content (AvgIpc) is 2.46. The normalized spacial score (nSPS) is 22.9. The average molecular weight is 272 g/mol. The minimum absolute atomic E-state index is 0.0627.